The van der Waals surface area contributed by atoms with Gasteiger partial charge in [-0.25, -0.2) is 0 Å². The monoisotopic (exact) mass is 250 g/mol. The van der Waals surface area contributed by atoms with Crippen LogP contribution in [0.5, 0.6) is 0 Å². The zero-order valence-corrected chi connectivity index (χ0v) is 11.6. The van der Waals surface area contributed by atoms with Crippen LogP contribution in [0.2, 0.25) is 0 Å². The topological polar surface area (TPSA) is 80.0 Å². The minimum Gasteiger partial charge on any atom is -0.368 e. The summed E-state index contributed by atoms with van der Waals surface area (Å²) in [5.41, 5.74) is 5.62. The van der Waals surface area contributed by atoms with Crippen molar-refractivity contribution >= 4 is 11.9 Å². The van der Waals surface area contributed by atoms with Gasteiger partial charge in [0.15, 0.2) is 0 Å². The van der Waals surface area contributed by atoms with Gasteiger partial charge in [-0.15, -0.1) is 0 Å². The summed E-state index contributed by atoms with van der Waals surface area (Å²) in [7, 11) is 2.12. The van der Waals surface area contributed by atoms with E-state index < -0.39 is 0 Å². The summed E-state index contributed by atoms with van der Waals surface area (Å²) in [5, 5.41) is 3.34. The fourth-order valence-corrected chi connectivity index (χ4v) is 2.03. The molecule has 1 fully saturated rings. The third-order valence-corrected chi connectivity index (χ3v) is 3.05. The van der Waals surface area contributed by atoms with Gasteiger partial charge in [0.05, 0.1) is 0 Å². The van der Waals surface area contributed by atoms with E-state index in [2.05, 4.69) is 53.0 Å². The van der Waals surface area contributed by atoms with Gasteiger partial charge < -0.3 is 16.0 Å². The number of nitrogens with two attached hydrogens (primary N) is 1. The molecule has 1 aromatic heterocycles. The van der Waals surface area contributed by atoms with Crippen LogP contribution in [0.3, 0.4) is 0 Å². The third kappa shape index (κ3) is 3.07. The van der Waals surface area contributed by atoms with E-state index >= 15 is 0 Å². The van der Waals surface area contributed by atoms with Gasteiger partial charge in [-0.3, -0.25) is 0 Å². The minimum atomic E-state index is -0.125. The van der Waals surface area contributed by atoms with E-state index in [4.69, 9.17) is 5.73 Å². The maximum absolute atomic E-state index is 5.75. The molecule has 0 radical (unpaired) electrons. The van der Waals surface area contributed by atoms with Crippen LogP contribution in [0.4, 0.5) is 11.9 Å². The molecule has 0 aliphatic carbocycles. The zero-order chi connectivity index (χ0) is 13.3. The van der Waals surface area contributed by atoms with Crippen molar-refractivity contribution < 1.29 is 0 Å². The first kappa shape index (κ1) is 13.0. The molecule has 1 aliphatic heterocycles. The maximum atomic E-state index is 5.75. The standard InChI is InChI=1S/C12H22N6/c1-12(2,3)9-15-10(13)17-11(16-9)14-8-5-6-18(4)7-8/h8H,5-7H2,1-4H3,(H3,13,14,15,16,17). The number of likely N-dealkylation sites (tertiary alicyclic amines) is 1. The minimum absolute atomic E-state index is 0.125. The van der Waals surface area contributed by atoms with Crippen LogP contribution in [0, 0.1) is 0 Å². The second kappa shape index (κ2) is 4.68. The van der Waals surface area contributed by atoms with E-state index in [9.17, 15) is 0 Å². The average Bonchev–Trinajstić information content (AvgIpc) is 2.61. The predicted octanol–water partition coefficient (Wildman–Crippen LogP) is 0.867. The molecule has 6 nitrogen and oxygen atoms in total. The number of rotatable bonds is 2. The summed E-state index contributed by atoms with van der Waals surface area (Å²) in [4.78, 5) is 15.1. The van der Waals surface area contributed by atoms with E-state index in [0.29, 0.717) is 12.0 Å². The van der Waals surface area contributed by atoms with Crippen LogP contribution in [0.1, 0.15) is 33.0 Å². The Morgan fingerprint density at radius 2 is 2.00 bits per heavy atom. The molecular weight excluding hydrogens is 228 g/mol. The average molecular weight is 250 g/mol. The molecule has 1 unspecified atom stereocenters. The molecule has 2 rings (SSSR count). The van der Waals surface area contributed by atoms with E-state index in [-0.39, 0.29) is 11.4 Å². The Kier molecular flexibility index (Phi) is 3.38. The van der Waals surface area contributed by atoms with Crippen LogP contribution in [0.25, 0.3) is 0 Å². The van der Waals surface area contributed by atoms with Gasteiger partial charge in [0.25, 0.3) is 0 Å². The van der Waals surface area contributed by atoms with E-state index in [1.165, 1.54) is 0 Å². The van der Waals surface area contributed by atoms with Gasteiger partial charge >= 0.3 is 0 Å². The Balaban J connectivity index is 2.15. The van der Waals surface area contributed by atoms with E-state index in [1.54, 1.807) is 0 Å². The van der Waals surface area contributed by atoms with E-state index in [1.807, 2.05) is 0 Å². The molecule has 2 heterocycles. The largest absolute Gasteiger partial charge is 0.368 e. The summed E-state index contributed by atoms with van der Waals surface area (Å²) < 4.78 is 0. The van der Waals surface area contributed by atoms with Crippen molar-refractivity contribution in [3.8, 4) is 0 Å². The van der Waals surface area contributed by atoms with Crippen molar-refractivity contribution in [2.45, 2.75) is 38.6 Å². The van der Waals surface area contributed by atoms with Gasteiger partial charge in [0, 0.05) is 18.0 Å². The molecule has 1 aromatic rings. The maximum Gasteiger partial charge on any atom is 0.228 e. The molecule has 1 aliphatic rings. The summed E-state index contributed by atoms with van der Waals surface area (Å²) >= 11 is 0. The van der Waals surface area contributed by atoms with Crippen molar-refractivity contribution in [3.63, 3.8) is 0 Å². The molecule has 18 heavy (non-hydrogen) atoms. The second-order valence-electron chi connectivity index (χ2n) is 5.98. The van der Waals surface area contributed by atoms with Crippen molar-refractivity contribution in [1.29, 1.82) is 0 Å². The number of likely N-dealkylation sites (N-methyl/N-ethyl adjacent to an activating group) is 1. The van der Waals surface area contributed by atoms with Gasteiger partial charge in [-0.1, -0.05) is 20.8 Å². The molecule has 100 valence electrons. The van der Waals surface area contributed by atoms with Crippen molar-refractivity contribution in [3.05, 3.63) is 5.82 Å². The number of nitrogens with one attached hydrogen (secondary N) is 1. The lowest BCUT2D eigenvalue weighted by Gasteiger charge is -2.19. The zero-order valence-electron chi connectivity index (χ0n) is 11.6. The first-order chi connectivity index (χ1) is 8.34. The van der Waals surface area contributed by atoms with Crippen molar-refractivity contribution in [1.82, 2.24) is 19.9 Å². The Hall–Kier alpha value is -1.43. The van der Waals surface area contributed by atoms with Gasteiger partial charge in [-0.2, -0.15) is 15.0 Å². The van der Waals surface area contributed by atoms with Crippen LogP contribution in [-0.2, 0) is 5.41 Å². The first-order valence-electron chi connectivity index (χ1n) is 6.32. The summed E-state index contributed by atoms with van der Waals surface area (Å²) in [5.74, 6) is 1.60. The normalized spacial score (nSPS) is 21.2. The molecular formula is C12H22N6. The summed E-state index contributed by atoms with van der Waals surface area (Å²) in [6, 6.07) is 0.393. The number of anilines is 2. The Bertz CT molecular complexity index is 425. The quantitative estimate of drug-likeness (QED) is 0.810. The highest BCUT2D eigenvalue weighted by molar-refractivity contribution is 5.33. The van der Waals surface area contributed by atoms with Crippen LogP contribution in [-0.4, -0.2) is 46.0 Å². The van der Waals surface area contributed by atoms with E-state index in [0.717, 1.165) is 25.3 Å². The molecule has 0 saturated carbocycles. The van der Waals surface area contributed by atoms with Crippen LogP contribution >= 0.6 is 0 Å². The lowest BCUT2D eigenvalue weighted by Crippen LogP contribution is -2.26. The summed E-state index contributed by atoms with van der Waals surface area (Å²) in [6.45, 7) is 8.31. The van der Waals surface area contributed by atoms with Crippen molar-refractivity contribution in [2.24, 2.45) is 0 Å². The molecule has 3 N–H and O–H groups in total. The fourth-order valence-electron chi connectivity index (χ4n) is 2.03. The lowest BCUT2D eigenvalue weighted by molar-refractivity contribution is 0.414. The molecule has 0 aromatic carbocycles. The van der Waals surface area contributed by atoms with Crippen LogP contribution < -0.4 is 11.1 Å². The Morgan fingerprint density at radius 1 is 1.28 bits per heavy atom. The molecule has 1 atom stereocenters. The number of nitrogen functional groups attached to an aromatic ring is 1. The molecule has 1 saturated heterocycles. The fraction of sp³-hybridized carbons (Fsp3) is 0.750. The summed E-state index contributed by atoms with van der Waals surface area (Å²) in [6.07, 6.45) is 1.10. The number of hydrogen-bond donors (Lipinski definition) is 2. The SMILES string of the molecule is CN1CCC(Nc2nc(N)nc(C(C)(C)C)n2)C1. The van der Waals surface area contributed by atoms with Crippen LogP contribution in [0.15, 0.2) is 0 Å². The predicted molar refractivity (Wildman–Crippen MR) is 72.5 cm³/mol. The highest BCUT2D eigenvalue weighted by atomic mass is 15.2. The van der Waals surface area contributed by atoms with Crippen molar-refractivity contribution in [2.75, 3.05) is 31.2 Å². The number of nitrogens with zero attached hydrogens (tertiary/aromatic N) is 4. The first-order valence-corrected chi connectivity index (χ1v) is 6.32. The third-order valence-electron chi connectivity index (χ3n) is 3.05. The molecule has 6 heteroatoms. The second-order valence-corrected chi connectivity index (χ2v) is 5.98. The number of hydrogen-bond acceptors (Lipinski definition) is 6. The van der Waals surface area contributed by atoms with Gasteiger partial charge in [-0.05, 0) is 20.0 Å². The molecule has 0 bridgehead atoms. The highest BCUT2D eigenvalue weighted by Crippen LogP contribution is 2.20. The van der Waals surface area contributed by atoms with Gasteiger partial charge in [0.2, 0.25) is 11.9 Å². The molecule has 0 spiro atoms. The lowest BCUT2D eigenvalue weighted by atomic mass is 9.96. The highest BCUT2D eigenvalue weighted by Gasteiger charge is 2.23. The Morgan fingerprint density at radius 3 is 2.56 bits per heavy atom. The smallest absolute Gasteiger partial charge is 0.228 e. The number of aromatic nitrogens is 3. The Labute approximate surface area is 108 Å². The molecule has 0 amide bonds. The van der Waals surface area contributed by atoms with Gasteiger partial charge in [0.1, 0.15) is 5.82 Å².